The predicted octanol–water partition coefficient (Wildman–Crippen LogP) is 6.61. The van der Waals surface area contributed by atoms with Gasteiger partial charge in [0.15, 0.2) is 0 Å². The third-order valence-electron chi connectivity index (χ3n) is 7.03. The summed E-state index contributed by atoms with van der Waals surface area (Å²) >= 11 is 1.65. The lowest BCUT2D eigenvalue weighted by Crippen LogP contribution is -2.35. The SMILES string of the molecule is CC(C)c1cc(-c2cccs2)cc(C(C)C)c1NC(=O)NS(=O)(=O)c1cccc(C(C)O)c1.CC(O)c1cccc(S(N)(=O)=O)c1. The van der Waals surface area contributed by atoms with Gasteiger partial charge >= 0.3 is 6.03 Å². The van der Waals surface area contributed by atoms with E-state index in [4.69, 9.17) is 5.14 Å². The first-order valence-corrected chi connectivity index (χ1v) is 18.5. The normalized spacial score (nSPS) is 13.1. The number of amides is 2. The van der Waals surface area contributed by atoms with Gasteiger partial charge in [0.05, 0.1) is 22.0 Å². The van der Waals surface area contributed by atoms with Crippen molar-refractivity contribution in [3.05, 3.63) is 100 Å². The fraction of sp³-hybridized carbons (Fsp3) is 0.303. The first-order valence-electron chi connectivity index (χ1n) is 14.5. The zero-order valence-corrected chi connectivity index (χ0v) is 29.0. The number of thiophene rings is 1. The van der Waals surface area contributed by atoms with Crippen LogP contribution in [0.4, 0.5) is 10.5 Å². The minimum atomic E-state index is -4.12. The maximum absolute atomic E-state index is 12.8. The van der Waals surface area contributed by atoms with Crippen molar-refractivity contribution in [2.24, 2.45) is 5.14 Å². The quantitative estimate of drug-likeness (QED) is 0.131. The van der Waals surface area contributed by atoms with Crippen molar-refractivity contribution in [1.82, 2.24) is 4.72 Å². The Morgan fingerprint density at radius 3 is 1.67 bits per heavy atom. The monoisotopic (exact) mass is 687 g/mol. The number of primary sulfonamides is 1. The van der Waals surface area contributed by atoms with E-state index in [1.165, 1.54) is 30.3 Å². The number of carbonyl (C=O) groups is 1. The van der Waals surface area contributed by atoms with Gasteiger partial charge in [0.2, 0.25) is 10.0 Å². The molecule has 4 rings (SSSR count). The van der Waals surface area contributed by atoms with E-state index in [2.05, 4.69) is 28.2 Å². The van der Waals surface area contributed by atoms with Crippen LogP contribution in [0.25, 0.3) is 10.4 Å². The van der Waals surface area contributed by atoms with Crippen LogP contribution >= 0.6 is 11.3 Å². The summed E-state index contributed by atoms with van der Waals surface area (Å²) in [6, 6.07) is 19.2. The lowest BCUT2D eigenvalue weighted by atomic mass is 9.90. The summed E-state index contributed by atoms with van der Waals surface area (Å²) < 4.78 is 49.5. The molecule has 10 nitrogen and oxygen atoms in total. The zero-order chi connectivity index (χ0) is 34.4. The highest BCUT2D eigenvalue weighted by Crippen LogP contribution is 2.38. The molecule has 0 saturated heterocycles. The second-order valence-corrected chi connectivity index (χ2v) is 15.6. The van der Waals surface area contributed by atoms with Crippen LogP contribution in [0.1, 0.15) is 87.8 Å². The molecule has 0 radical (unpaired) electrons. The highest BCUT2D eigenvalue weighted by molar-refractivity contribution is 7.90. The van der Waals surface area contributed by atoms with Crippen molar-refractivity contribution in [2.45, 2.75) is 75.4 Å². The van der Waals surface area contributed by atoms with Crippen molar-refractivity contribution in [3.63, 3.8) is 0 Å². The fourth-order valence-electron chi connectivity index (χ4n) is 4.54. The van der Waals surface area contributed by atoms with Gasteiger partial charge in [-0.3, -0.25) is 0 Å². The molecule has 1 heterocycles. The van der Waals surface area contributed by atoms with Crippen LogP contribution in [-0.2, 0) is 20.0 Å². The molecule has 13 heteroatoms. The third-order valence-corrected chi connectivity index (χ3v) is 10.2. The molecule has 2 atom stereocenters. The molecule has 4 aromatic rings. The Morgan fingerprint density at radius 2 is 1.24 bits per heavy atom. The summed E-state index contributed by atoms with van der Waals surface area (Å²) in [5.74, 6) is 0.217. The second-order valence-electron chi connectivity index (χ2n) is 11.4. The summed E-state index contributed by atoms with van der Waals surface area (Å²) in [5, 5.41) is 28.7. The maximum Gasteiger partial charge on any atom is 0.333 e. The number of urea groups is 1. The minimum absolute atomic E-state index is 0.0194. The van der Waals surface area contributed by atoms with E-state index in [9.17, 15) is 31.8 Å². The van der Waals surface area contributed by atoms with E-state index in [1.54, 1.807) is 43.4 Å². The molecule has 0 spiro atoms. The van der Waals surface area contributed by atoms with Crippen LogP contribution in [0, 0.1) is 0 Å². The number of carbonyl (C=O) groups excluding carboxylic acids is 1. The minimum Gasteiger partial charge on any atom is -0.389 e. The lowest BCUT2D eigenvalue weighted by Gasteiger charge is -2.22. The number of anilines is 1. The molecule has 0 aliphatic rings. The van der Waals surface area contributed by atoms with Crippen LogP contribution in [0.5, 0.6) is 0 Å². The van der Waals surface area contributed by atoms with Crippen LogP contribution in [-0.4, -0.2) is 33.1 Å². The van der Waals surface area contributed by atoms with Gasteiger partial charge in [0.25, 0.3) is 10.0 Å². The molecular formula is C33H41N3O7S3. The average molecular weight is 688 g/mol. The van der Waals surface area contributed by atoms with E-state index in [1.807, 2.05) is 39.1 Å². The number of benzene rings is 3. The molecular weight excluding hydrogens is 647 g/mol. The van der Waals surface area contributed by atoms with Crippen LogP contribution in [0.2, 0.25) is 0 Å². The average Bonchev–Trinajstić information content (AvgIpc) is 3.52. The second kappa shape index (κ2) is 15.3. The summed E-state index contributed by atoms with van der Waals surface area (Å²) in [5.41, 5.74) is 4.57. The number of hydrogen-bond acceptors (Lipinski definition) is 8. The Kier molecular flexibility index (Phi) is 12.3. The van der Waals surface area contributed by atoms with Gasteiger partial charge in [0.1, 0.15) is 0 Å². The summed E-state index contributed by atoms with van der Waals surface area (Å²) in [6.45, 7) is 11.3. The summed E-state index contributed by atoms with van der Waals surface area (Å²) in [7, 11) is -7.79. The van der Waals surface area contributed by atoms with Crippen molar-refractivity contribution in [3.8, 4) is 10.4 Å². The number of hydrogen-bond donors (Lipinski definition) is 5. The van der Waals surface area contributed by atoms with Crippen LogP contribution in [0.3, 0.4) is 0 Å². The number of rotatable bonds is 9. The van der Waals surface area contributed by atoms with Gasteiger partial charge in [-0.15, -0.1) is 11.3 Å². The van der Waals surface area contributed by atoms with Gasteiger partial charge in [-0.05, 0) is 101 Å². The Bertz CT molecular complexity index is 1840. The molecule has 1 aromatic heterocycles. The zero-order valence-electron chi connectivity index (χ0n) is 26.6. The Labute approximate surface area is 275 Å². The van der Waals surface area contributed by atoms with E-state index in [0.29, 0.717) is 16.8 Å². The number of nitrogens with two attached hydrogens (primary N) is 1. The smallest absolute Gasteiger partial charge is 0.333 e. The van der Waals surface area contributed by atoms with Crippen LogP contribution < -0.4 is 15.2 Å². The van der Waals surface area contributed by atoms with Crippen molar-refractivity contribution >= 4 is 43.1 Å². The van der Waals surface area contributed by atoms with Gasteiger partial charge < -0.3 is 15.5 Å². The molecule has 46 heavy (non-hydrogen) atoms. The van der Waals surface area contributed by atoms with E-state index in [0.717, 1.165) is 21.6 Å². The van der Waals surface area contributed by atoms with E-state index in [-0.39, 0.29) is 21.6 Å². The Hall–Kier alpha value is -3.59. The van der Waals surface area contributed by atoms with Crippen LogP contribution in [0.15, 0.2) is 88.0 Å². The van der Waals surface area contributed by atoms with E-state index >= 15 is 0 Å². The number of sulfonamides is 2. The number of aliphatic hydroxyl groups is 2. The van der Waals surface area contributed by atoms with Gasteiger partial charge in [-0.2, -0.15) is 0 Å². The Balaban J connectivity index is 0.000000370. The van der Waals surface area contributed by atoms with Gasteiger partial charge in [0, 0.05) is 10.6 Å². The molecule has 2 unspecified atom stereocenters. The Morgan fingerprint density at radius 1 is 0.739 bits per heavy atom. The standard InChI is InChI=1S/C25H30N2O4S2.C8H11NO3S/c1-15(2)21-13-19(23-10-7-11-32-23)14-22(16(3)4)24(21)26-25(29)27-33(30,31)20-9-6-8-18(12-20)17(5)28;1-6(10)7-3-2-4-8(5-7)13(9,11)12/h6-17,28H,1-5H3,(H2,26,27,29);2-6,10H,1H3,(H2,9,11,12). The lowest BCUT2D eigenvalue weighted by molar-refractivity contribution is 0.198. The first kappa shape index (κ1) is 36.9. The number of nitrogens with one attached hydrogen (secondary N) is 2. The van der Waals surface area contributed by atoms with E-state index < -0.39 is 38.3 Å². The molecule has 0 aliphatic heterocycles. The fourth-order valence-corrected chi connectivity index (χ4v) is 6.79. The molecule has 0 aliphatic carbocycles. The molecule has 0 fully saturated rings. The topological polar surface area (TPSA) is 176 Å². The highest BCUT2D eigenvalue weighted by Gasteiger charge is 2.23. The van der Waals surface area contributed by atoms with Crippen molar-refractivity contribution in [1.29, 1.82) is 0 Å². The van der Waals surface area contributed by atoms with Crippen molar-refractivity contribution in [2.75, 3.05) is 5.32 Å². The molecule has 0 bridgehead atoms. The highest BCUT2D eigenvalue weighted by atomic mass is 32.2. The number of aliphatic hydroxyl groups excluding tert-OH is 2. The molecule has 2 amide bonds. The molecule has 3 aromatic carbocycles. The summed E-state index contributed by atoms with van der Waals surface area (Å²) in [4.78, 5) is 13.9. The molecule has 248 valence electrons. The third kappa shape index (κ3) is 9.71. The van der Waals surface area contributed by atoms with Crippen molar-refractivity contribution < 1.29 is 31.8 Å². The summed E-state index contributed by atoms with van der Waals surface area (Å²) in [6.07, 6.45) is -1.51. The molecule has 6 N–H and O–H groups in total. The largest absolute Gasteiger partial charge is 0.389 e. The van der Waals surface area contributed by atoms with Gasteiger partial charge in [-0.25, -0.2) is 31.5 Å². The first-order chi connectivity index (χ1) is 21.4. The maximum atomic E-state index is 12.8. The molecule has 0 saturated carbocycles. The predicted molar refractivity (Wildman–Crippen MR) is 183 cm³/mol. The van der Waals surface area contributed by atoms with Gasteiger partial charge in [-0.1, -0.05) is 58.0 Å².